The zero-order valence-electron chi connectivity index (χ0n) is 16.8. The smallest absolute Gasteiger partial charge is 0.239 e. The van der Waals surface area contributed by atoms with Crippen LogP contribution in [0.25, 0.3) is 5.69 Å². The van der Waals surface area contributed by atoms with E-state index in [0.29, 0.717) is 23.6 Å². The number of hydrogen-bond donors (Lipinski definition) is 2. The molecular formula is C19H24FN5O3S. The number of nitrogens with one attached hydrogen (secondary N) is 2. The first kappa shape index (κ1) is 22.5. The average molecular weight is 421 g/mol. The summed E-state index contributed by atoms with van der Waals surface area (Å²) in [5.41, 5.74) is 2.43. The number of hydrogen-bond acceptors (Lipinski definition) is 5. The third kappa shape index (κ3) is 5.87. The van der Waals surface area contributed by atoms with Gasteiger partial charge in [-0.3, -0.25) is 14.3 Å². The average Bonchev–Trinajstić information content (AvgIpc) is 2.84. The molecule has 0 aliphatic carbocycles. The van der Waals surface area contributed by atoms with Gasteiger partial charge < -0.3 is 5.32 Å². The summed E-state index contributed by atoms with van der Waals surface area (Å²) >= 11 is 0. The molecule has 1 aromatic heterocycles. The Morgan fingerprint density at radius 1 is 1.28 bits per heavy atom. The first-order valence-electron chi connectivity index (χ1n) is 8.84. The van der Waals surface area contributed by atoms with Gasteiger partial charge in [-0.05, 0) is 50.7 Å². The molecule has 1 amide bonds. The highest BCUT2D eigenvalue weighted by Crippen LogP contribution is 2.30. The van der Waals surface area contributed by atoms with Gasteiger partial charge in [-0.2, -0.15) is 5.26 Å². The molecule has 8 nitrogen and oxygen atoms in total. The van der Waals surface area contributed by atoms with Crippen molar-refractivity contribution in [3.8, 4) is 11.8 Å². The van der Waals surface area contributed by atoms with E-state index in [9.17, 15) is 22.9 Å². The van der Waals surface area contributed by atoms with Crippen LogP contribution in [-0.2, 0) is 14.8 Å². The van der Waals surface area contributed by atoms with Crippen LogP contribution in [0.15, 0.2) is 24.3 Å². The van der Waals surface area contributed by atoms with E-state index in [4.69, 9.17) is 0 Å². The van der Waals surface area contributed by atoms with E-state index in [2.05, 4.69) is 16.1 Å². The van der Waals surface area contributed by atoms with Crippen molar-refractivity contribution in [1.29, 1.82) is 5.26 Å². The lowest BCUT2D eigenvalue weighted by atomic mass is 10.2. The van der Waals surface area contributed by atoms with Crippen molar-refractivity contribution in [3.05, 3.63) is 46.9 Å². The minimum absolute atomic E-state index is 0.00298. The van der Waals surface area contributed by atoms with Gasteiger partial charge >= 0.3 is 0 Å². The molecule has 0 saturated carbocycles. The monoisotopic (exact) mass is 421 g/mol. The van der Waals surface area contributed by atoms with Gasteiger partial charge in [-0.15, -0.1) is 0 Å². The van der Waals surface area contributed by atoms with Crippen LogP contribution in [0.2, 0.25) is 0 Å². The summed E-state index contributed by atoms with van der Waals surface area (Å²) in [4.78, 5) is 14.2. The van der Waals surface area contributed by atoms with Gasteiger partial charge in [-0.1, -0.05) is 0 Å². The van der Waals surface area contributed by atoms with E-state index >= 15 is 0 Å². The van der Waals surface area contributed by atoms with Crippen LogP contribution in [0.1, 0.15) is 16.8 Å². The predicted molar refractivity (Wildman–Crippen MR) is 109 cm³/mol. The van der Waals surface area contributed by atoms with Crippen molar-refractivity contribution in [3.63, 3.8) is 0 Å². The maximum Gasteiger partial charge on any atom is 0.239 e. The van der Waals surface area contributed by atoms with Crippen LogP contribution < -0.4 is 10.0 Å². The lowest BCUT2D eigenvalue weighted by Gasteiger charge is -2.17. The molecule has 2 N–H and O–H groups in total. The van der Waals surface area contributed by atoms with Gasteiger partial charge in [0.2, 0.25) is 15.9 Å². The topological polar surface area (TPSA) is 107 Å². The Hall–Kier alpha value is -2.74. The highest BCUT2D eigenvalue weighted by atomic mass is 32.2. The SMILES string of the molecule is Cc1c(C#N)c(NC(=O)CN(C)CCNS(C)(=O)=O)n(-c2ccc(F)cc2)c1C. The Morgan fingerprint density at radius 3 is 2.45 bits per heavy atom. The molecule has 156 valence electrons. The van der Waals surface area contributed by atoms with Crippen LogP contribution in [-0.4, -0.2) is 56.7 Å². The maximum absolute atomic E-state index is 13.3. The molecule has 0 radical (unpaired) electrons. The number of carbonyl (C=O) groups is 1. The van der Waals surface area contributed by atoms with Crippen molar-refractivity contribution in [2.75, 3.05) is 38.3 Å². The summed E-state index contributed by atoms with van der Waals surface area (Å²) in [6.07, 6.45) is 1.07. The quantitative estimate of drug-likeness (QED) is 0.672. The molecule has 0 atom stereocenters. The van der Waals surface area contributed by atoms with Gasteiger partial charge in [-0.25, -0.2) is 17.5 Å². The van der Waals surface area contributed by atoms with Crippen LogP contribution in [0.4, 0.5) is 10.2 Å². The highest BCUT2D eigenvalue weighted by molar-refractivity contribution is 7.88. The molecule has 1 heterocycles. The fourth-order valence-electron chi connectivity index (χ4n) is 2.89. The Labute approximate surface area is 170 Å². The second kappa shape index (κ2) is 9.17. The Balaban J connectivity index is 2.21. The second-order valence-corrected chi connectivity index (χ2v) is 8.64. The Bertz CT molecular complexity index is 1040. The number of aromatic nitrogens is 1. The van der Waals surface area contributed by atoms with E-state index in [-0.39, 0.29) is 24.8 Å². The van der Waals surface area contributed by atoms with E-state index in [1.54, 1.807) is 35.6 Å². The number of nitrogens with zero attached hydrogens (tertiary/aromatic N) is 3. The first-order valence-corrected chi connectivity index (χ1v) is 10.7. The number of amides is 1. The third-order valence-corrected chi connectivity index (χ3v) is 5.17. The Morgan fingerprint density at radius 2 is 1.90 bits per heavy atom. The molecular weight excluding hydrogens is 397 g/mol. The van der Waals surface area contributed by atoms with Crippen molar-refractivity contribution in [2.45, 2.75) is 13.8 Å². The summed E-state index contributed by atoms with van der Waals surface area (Å²) in [6.45, 7) is 4.12. The number of rotatable bonds is 8. The molecule has 0 aliphatic rings. The van der Waals surface area contributed by atoms with Crippen LogP contribution in [0.5, 0.6) is 0 Å². The third-order valence-electron chi connectivity index (χ3n) is 4.44. The molecule has 0 aliphatic heterocycles. The van der Waals surface area contributed by atoms with Crippen molar-refractivity contribution >= 4 is 21.7 Å². The fourth-order valence-corrected chi connectivity index (χ4v) is 3.35. The van der Waals surface area contributed by atoms with Gasteiger partial charge in [0, 0.05) is 24.5 Å². The van der Waals surface area contributed by atoms with Crippen LogP contribution >= 0.6 is 0 Å². The zero-order chi connectivity index (χ0) is 21.8. The molecule has 2 rings (SSSR count). The van der Waals surface area contributed by atoms with Gasteiger partial charge in [0.05, 0.1) is 18.4 Å². The fraction of sp³-hybridized carbons (Fsp3) is 0.368. The molecule has 29 heavy (non-hydrogen) atoms. The lowest BCUT2D eigenvalue weighted by molar-refractivity contribution is -0.117. The number of anilines is 1. The Kier molecular flexibility index (Phi) is 7.13. The van der Waals surface area contributed by atoms with Gasteiger partial charge in [0.15, 0.2) is 0 Å². The number of sulfonamides is 1. The van der Waals surface area contributed by atoms with E-state index in [0.717, 1.165) is 17.5 Å². The number of likely N-dealkylation sites (N-methyl/N-ethyl adjacent to an activating group) is 1. The molecule has 0 spiro atoms. The normalized spacial score (nSPS) is 11.5. The summed E-state index contributed by atoms with van der Waals surface area (Å²) < 4.78 is 39.6. The maximum atomic E-state index is 13.3. The molecule has 0 saturated heterocycles. The zero-order valence-corrected chi connectivity index (χ0v) is 17.6. The summed E-state index contributed by atoms with van der Waals surface area (Å²) in [7, 11) is -1.61. The molecule has 10 heteroatoms. The van der Waals surface area contributed by atoms with Crippen LogP contribution in [0, 0.1) is 31.0 Å². The molecule has 0 unspecified atom stereocenters. The van der Waals surface area contributed by atoms with Crippen LogP contribution in [0.3, 0.4) is 0 Å². The van der Waals surface area contributed by atoms with Crippen molar-refractivity contribution in [1.82, 2.24) is 14.2 Å². The molecule has 0 bridgehead atoms. The largest absolute Gasteiger partial charge is 0.310 e. The summed E-state index contributed by atoms with van der Waals surface area (Å²) in [5.74, 6) is -0.420. The van der Waals surface area contributed by atoms with E-state index in [1.807, 2.05) is 6.92 Å². The van der Waals surface area contributed by atoms with Crippen molar-refractivity contribution in [2.24, 2.45) is 0 Å². The highest BCUT2D eigenvalue weighted by Gasteiger charge is 2.21. The minimum Gasteiger partial charge on any atom is -0.310 e. The van der Waals surface area contributed by atoms with Gasteiger partial charge in [0.25, 0.3) is 0 Å². The molecule has 2 aromatic rings. The number of halogens is 1. The first-order chi connectivity index (χ1) is 13.5. The number of carbonyl (C=O) groups excluding carboxylic acids is 1. The summed E-state index contributed by atoms with van der Waals surface area (Å²) in [5, 5.41) is 12.3. The second-order valence-electron chi connectivity index (χ2n) is 6.81. The number of benzene rings is 1. The van der Waals surface area contributed by atoms with E-state index in [1.165, 1.54) is 12.1 Å². The predicted octanol–water partition coefficient (Wildman–Crippen LogP) is 1.52. The summed E-state index contributed by atoms with van der Waals surface area (Å²) in [6, 6.07) is 7.88. The van der Waals surface area contributed by atoms with Gasteiger partial charge in [0.1, 0.15) is 17.7 Å². The molecule has 0 fully saturated rings. The molecule has 1 aromatic carbocycles. The van der Waals surface area contributed by atoms with E-state index < -0.39 is 10.0 Å². The standard InChI is InChI=1S/C19H24FN5O3S/c1-13-14(2)25(16-7-5-15(20)6-8-16)19(17(13)11-21)23-18(26)12-24(3)10-9-22-29(4,27)28/h5-8,22H,9-10,12H2,1-4H3,(H,23,26). The van der Waals surface area contributed by atoms with Crippen molar-refractivity contribution < 1.29 is 17.6 Å². The number of nitriles is 1. The lowest BCUT2D eigenvalue weighted by Crippen LogP contribution is -2.36. The minimum atomic E-state index is -3.29.